The fourth-order valence-electron chi connectivity index (χ4n) is 2.68. The Morgan fingerprint density at radius 3 is 2.00 bits per heavy atom. The van der Waals surface area contributed by atoms with Crippen LogP contribution in [-0.4, -0.2) is 19.2 Å². The lowest BCUT2D eigenvalue weighted by molar-refractivity contribution is 0.167. The zero-order chi connectivity index (χ0) is 17.4. The third kappa shape index (κ3) is 4.26. The summed E-state index contributed by atoms with van der Waals surface area (Å²) in [5, 5.41) is 5.87. The number of alkyl carbamates (subject to hydrolysis) is 1. The van der Waals surface area contributed by atoms with Gasteiger partial charge in [0.1, 0.15) is 0 Å². The number of carbonyl (C=O) groups is 1. The van der Waals surface area contributed by atoms with Crippen molar-refractivity contribution in [2.45, 2.75) is 12.0 Å². The first kappa shape index (κ1) is 17.3. The lowest BCUT2D eigenvalue weighted by Gasteiger charge is -2.30. The summed E-state index contributed by atoms with van der Waals surface area (Å²) in [6.07, 6.45) is 1.03. The summed E-state index contributed by atoms with van der Waals surface area (Å²) < 4.78 is 4.79. The first-order valence-corrected chi connectivity index (χ1v) is 7.68. The third-order valence-electron chi connectivity index (χ3n) is 3.77. The summed E-state index contributed by atoms with van der Waals surface area (Å²) >= 11 is 0. The topological polar surface area (TPSA) is 50.4 Å². The fraction of sp³-hybridized carbons (Fsp3) is 0.150. The molecule has 0 aliphatic heterocycles. The van der Waals surface area contributed by atoms with Crippen LogP contribution in [0.4, 0.5) is 4.79 Å². The minimum absolute atomic E-state index is 0. The molecule has 0 bridgehead atoms. The monoisotopic (exact) mass is 326 g/mol. The van der Waals surface area contributed by atoms with Crippen molar-refractivity contribution in [1.29, 1.82) is 0 Å². The summed E-state index contributed by atoms with van der Waals surface area (Å²) in [5.74, 6) is -0.119. The molecule has 2 aromatic carbocycles. The Morgan fingerprint density at radius 2 is 1.58 bits per heavy atom. The average molecular weight is 326 g/mol. The molecular formula is C20H26N2O2. The van der Waals surface area contributed by atoms with Gasteiger partial charge in [-0.3, -0.25) is 0 Å². The van der Waals surface area contributed by atoms with Crippen molar-refractivity contribution < 1.29 is 12.4 Å². The highest BCUT2D eigenvalue weighted by molar-refractivity contribution is 5.68. The molecule has 2 rings (SSSR count). The standard InChI is InChI=1S/C20H22N2O2.2H2/c1-4-21-15(2)19(22-20(23)24-3)18(16-11-7-5-8-12-16)17-13-9-6-10-14-17;;/h4-14,18-19,21H,1-2H2,3H3,(H,22,23);2*1H/t19-;;/m1../s1. The molecule has 0 radical (unpaired) electrons. The Labute approximate surface area is 145 Å². The Kier molecular flexibility index (Phi) is 6.20. The molecule has 0 fully saturated rings. The van der Waals surface area contributed by atoms with Gasteiger partial charge in [0.2, 0.25) is 0 Å². The van der Waals surface area contributed by atoms with Gasteiger partial charge in [-0.1, -0.05) is 73.8 Å². The van der Waals surface area contributed by atoms with Crippen molar-refractivity contribution >= 4 is 6.09 Å². The van der Waals surface area contributed by atoms with E-state index in [1.54, 1.807) is 6.20 Å². The minimum Gasteiger partial charge on any atom is -0.453 e. The number of amides is 1. The number of hydrogen-bond donors (Lipinski definition) is 2. The van der Waals surface area contributed by atoms with Gasteiger partial charge in [-0.2, -0.15) is 0 Å². The minimum atomic E-state index is -0.510. The molecule has 0 spiro atoms. The molecule has 128 valence electrons. The van der Waals surface area contributed by atoms with Gasteiger partial charge in [-0.15, -0.1) is 0 Å². The van der Waals surface area contributed by atoms with Gasteiger partial charge in [0, 0.05) is 14.5 Å². The lowest BCUT2D eigenvalue weighted by Crippen LogP contribution is -2.43. The summed E-state index contributed by atoms with van der Waals surface area (Å²) in [4.78, 5) is 11.9. The summed E-state index contributed by atoms with van der Waals surface area (Å²) in [6.45, 7) is 7.72. The number of carbonyl (C=O) groups excluding carboxylic acids is 1. The number of hydrogen-bond acceptors (Lipinski definition) is 3. The van der Waals surface area contributed by atoms with Crippen LogP contribution >= 0.6 is 0 Å². The second kappa shape index (κ2) is 8.58. The van der Waals surface area contributed by atoms with Crippen LogP contribution in [0.15, 0.2) is 85.7 Å². The molecule has 4 heteroatoms. The average Bonchev–Trinajstić information content (AvgIpc) is 2.63. The van der Waals surface area contributed by atoms with E-state index >= 15 is 0 Å². The van der Waals surface area contributed by atoms with Crippen LogP contribution in [0.2, 0.25) is 0 Å². The number of rotatable bonds is 7. The molecule has 0 aromatic heterocycles. The maximum atomic E-state index is 11.9. The SMILES string of the molecule is C=CNC(=C)[C@@H](NC(=O)OC)C(c1ccccc1)c1ccccc1.[HH].[HH]. The molecule has 0 unspecified atom stereocenters. The van der Waals surface area contributed by atoms with Gasteiger partial charge in [-0.25, -0.2) is 4.79 Å². The summed E-state index contributed by atoms with van der Waals surface area (Å²) in [5.41, 5.74) is 2.77. The summed E-state index contributed by atoms with van der Waals surface area (Å²) in [6, 6.07) is 19.6. The van der Waals surface area contributed by atoms with Gasteiger partial charge in [-0.05, 0) is 17.3 Å². The lowest BCUT2D eigenvalue weighted by atomic mass is 9.83. The second-order valence-electron chi connectivity index (χ2n) is 5.29. The summed E-state index contributed by atoms with van der Waals surface area (Å²) in [7, 11) is 1.34. The molecule has 0 heterocycles. The van der Waals surface area contributed by atoms with Crippen molar-refractivity contribution in [3.8, 4) is 0 Å². The van der Waals surface area contributed by atoms with E-state index in [0.717, 1.165) is 11.1 Å². The van der Waals surface area contributed by atoms with Gasteiger partial charge < -0.3 is 15.4 Å². The second-order valence-corrected chi connectivity index (χ2v) is 5.29. The zero-order valence-electron chi connectivity index (χ0n) is 13.7. The maximum absolute atomic E-state index is 11.9. The molecule has 1 amide bonds. The molecule has 2 aromatic rings. The highest BCUT2D eigenvalue weighted by atomic mass is 16.5. The van der Waals surface area contributed by atoms with Crippen LogP contribution in [0, 0.1) is 0 Å². The smallest absolute Gasteiger partial charge is 0.407 e. The van der Waals surface area contributed by atoms with E-state index in [9.17, 15) is 4.79 Å². The van der Waals surface area contributed by atoms with Crippen LogP contribution in [-0.2, 0) is 4.74 Å². The van der Waals surface area contributed by atoms with Crippen LogP contribution in [0.3, 0.4) is 0 Å². The van der Waals surface area contributed by atoms with Crippen molar-refractivity contribution in [2.24, 2.45) is 0 Å². The molecule has 0 saturated heterocycles. The quantitative estimate of drug-likeness (QED) is 0.798. The molecule has 0 aliphatic carbocycles. The maximum Gasteiger partial charge on any atom is 0.407 e. The van der Waals surface area contributed by atoms with Crippen molar-refractivity contribution in [3.05, 3.63) is 96.8 Å². The highest BCUT2D eigenvalue weighted by Gasteiger charge is 2.28. The van der Waals surface area contributed by atoms with E-state index in [1.165, 1.54) is 7.11 Å². The Balaban J connectivity index is 0.00000312. The predicted molar refractivity (Wildman–Crippen MR) is 101 cm³/mol. The van der Waals surface area contributed by atoms with Crippen LogP contribution in [0.25, 0.3) is 0 Å². The van der Waals surface area contributed by atoms with Gasteiger partial charge in [0.15, 0.2) is 0 Å². The Morgan fingerprint density at radius 1 is 1.08 bits per heavy atom. The van der Waals surface area contributed by atoms with Gasteiger partial charge in [0.25, 0.3) is 0 Å². The van der Waals surface area contributed by atoms with Crippen molar-refractivity contribution in [1.82, 2.24) is 10.6 Å². The molecular weight excluding hydrogens is 300 g/mol. The van der Waals surface area contributed by atoms with Crippen LogP contribution in [0.5, 0.6) is 0 Å². The zero-order valence-corrected chi connectivity index (χ0v) is 13.7. The Hall–Kier alpha value is -3.01. The van der Waals surface area contributed by atoms with Crippen LogP contribution in [0.1, 0.15) is 19.9 Å². The molecule has 2 N–H and O–H groups in total. The number of nitrogens with one attached hydrogen (secondary N) is 2. The van der Waals surface area contributed by atoms with Gasteiger partial charge in [0.05, 0.1) is 13.2 Å². The number of benzene rings is 2. The van der Waals surface area contributed by atoms with Crippen molar-refractivity contribution in [2.75, 3.05) is 7.11 Å². The first-order chi connectivity index (χ1) is 11.7. The first-order valence-electron chi connectivity index (χ1n) is 7.68. The molecule has 24 heavy (non-hydrogen) atoms. The van der Waals surface area contributed by atoms with E-state index in [4.69, 9.17) is 4.74 Å². The van der Waals surface area contributed by atoms with Crippen LogP contribution < -0.4 is 10.6 Å². The molecule has 0 aliphatic rings. The third-order valence-corrected chi connectivity index (χ3v) is 3.77. The van der Waals surface area contributed by atoms with E-state index < -0.39 is 12.1 Å². The molecule has 0 saturated carbocycles. The molecule has 4 nitrogen and oxygen atoms in total. The highest BCUT2D eigenvalue weighted by Crippen LogP contribution is 2.30. The number of methoxy groups -OCH3 is 1. The van der Waals surface area contributed by atoms with E-state index in [1.807, 2.05) is 60.7 Å². The predicted octanol–water partition coefficient (Wildman–Crippen LogP) is 4.28. The fourth-order valence-corrected chi connectivity index (χ4v) is 2.68. The van der Waals surface area contributed by atoms with E-state index in [2.05, 4.69) is 23.8 Å². The van der Waals surface area contributed by atoms with Crippen molar-refractivity contribution in [3.63, 3.8) is 0 Å². The van der Waals surface area contributed by atoms with E-state index in [-0.39, 0.29) is 8.77 Å². The Bertz CT molecular complexity index is 654. The largest absolute Gasteiger partial charge is 0.453 e. The molecule has 1 atom stereocenters. The normalized spacial score (nSPS) is 11.4. The van der Waals surface area contributed by atoms with Gasteiger partial charge >= 0.3 is 6.09 Å². The van der Waals surface area contributed by atoms with E-state index in [0.29, 0.717) is 5.70 Å². The number of ether oxygens (including phenoxy) is 1.